The Morgan fingerprint density at radius 3 is 2.42 bits per heavy atom. The second kappa shape index (κ2) is 12.7. The van der Waals surface area contributed by atoms with E-state index in [0.29, 0.717) is 42.3 Å². The van der Waals surface area contributed by atoms with E-state index < -0.39 is 17.7 Å². The molecule has 3 fully saturated rings. The number of fused-ring (bicyclic) bond motifs is 3. The number of aryl methyl sites for hydroxylation is 2. The Kier molecular flexibility index (Phi) is 8.52. The maximum Gasteiger partial charge on any atom is 0.280 e. The number of amides is 2. The minimum atomic E-state index is -1.36. The number of aliphatic imine (C=N–C) groups is 1. The van der Waals surface area contributed by atoms with Gasteiger partial charge in [-0.3, -0.25) is 9.59 Å². The van der Waals surface area contributed by atoms with Crippen molar-refractivity contribution in [2.45, 2.75) is 107 Å². The monoisotopic (exact) mass is 651 g/mol. The van der Waals surface area contributed by atoms with Gasteiger partial charge in [-0.05, 0) is 104 Å². The van der Waals surface area contributed by atoms with Crippen molar-refractivity contribution in [2.75, 3.05) is 6.54 Å². The molecule has 6 N–H and O–H groups in total. The van der Waals surface area contributed by atoms with Crippen LogP contribution in [0.2, 0.25) is 0 Å². The van der Waals surface area contributed by atoms with Gasteiger partial charge in [0.1, 0.15) is 11.9 Å². The summed E-state index contributed by atoms with van der Waals surface area (Å²) in [5.41, 5.74) is 16.7. The Bertz CT molecular complexity index is 1640. The summed E-state index contributed by atoms with van der Waals surface area (Å²) in [7, 11) is 0. The molecule has 11 nitrogen and oxygen atoms in total. The number of hydroxylamine groups is 2. The molecule has 1 saturated heterocycles. The first kappa shape index (κ1) is 32.3. The van der Waals surface area contributed by atoms with E-state index in [2.05, 4.69) is 37.0 Å². The average Bonchev–Trinajstić information content (AvgIpc) is 3.61. The van der Waals surface area contributed by atoms with Crippen LogP contribution in [-0.2, 0) is 27.9 Å². The molecular formula is C37H45N7O4. The van der Waals surface area contributed by atoms with Gasteiger partial charge in [0.2, 0.25) is 11.8 Å². The molecule has 3 unspecified atom stereocenters. The van der Waals surface area contributed by atoms with Gasteiger partial charge in [-0.2, -0.15) is 5.26 Å². The molecule has 2 heterocycles. The summed E-state index contributed by atoms with van der Waals surface area (Å²) in [5.74, 6) is 0.488. The highest BCUT2D eigenvalue weighted by atomic mass is 16.8. The number of carbonyl (C=O) groups excluding carboxylic acids is 2. The van der Waals surface area contributed by atoms with E-state index >= 15 is 0 Å². The summed E-state index contributed by atoms with van der Waals surface area (Å²) in [5, 5.41) is 26.1. The maximum absolute atomic E-state index is 13.5. The molecule has 48 heavy (non-hydrogen) atoms. The molecule has 2 aliphatic heterocycles. The largest absolute Gasteiger partial charge is 0.399 e. The number of benzene rings is 2. The van der Waals surface area contributed by atoms with Crippen molar-refractivity contribution in [1.29, 1.82) is 5.26 Å². The number of hydrogen-bond acceptors (Lipinski definition) is 9. The molecule has 2 aromatic carbocycles. The molecule has 0 aromatic heterocycles. The highest BCUT2D eigenvalue weighted by Crippen LogP contribution is 2.49. The van der Waals surface area contributed by atoms with Gasteiger partial charge >= 0.3 is 0 Å². The van der Waals surface area contributed by atoms with Crippen molar-refractivity contribution >= 4 is 23.3 Å². The van der Waals surface area contributed by atoms with Crippen LogP contribution in [0.1, 0.15) is 96.5 Å². The number of hydrogen-bond donors (Lipinski definition) is 4. The molecule has 2 aromatic rings. The van der Waals surface area contributed by atoms with Gasteiger partial charge in [0, 0.05) is 23.3 Å². The van der Waals surface area contributed by atoms with Crippen LogP contribution >= 0.6 is 0 Å². The van der Waals surface area contributed by atoms with Crippen LogP contribution in [-0.4, -0.2) is 69.8 Å². The van der Waals surface area contributed by atoms with Gasteiger partial charge in [-0.15, -0.1) is 0 Å². The van der Waals surface area contributed by atoms with Crippen LogP contribution in [0.4, 0.5) is 0 Å². The lowest BCUT2D eigenvalue weighted by Gasteiger charge is -2.43. The molecule has 7 rings (SSSR count). The van der Waals surface area contributed by atoms with Crippen LogP contribution < -0.4 is 16.8 Å². The second-order valence-electron chi connectivity index (χ2n) is 14.3. The van der Waals surface area contributed by atoms with Gasteiger partial charge in [0.05, 0.1) is 24.1 Å². The predicted molar refractivity (Wildman–Crippen MR) is 181 cm³/mol. The van der Waals surface area contributed by atoms with Crippen molar-refractivity contribution in [3.63, 3.8) is 0 Å². The Morgan fingerprint density at radius 2 is 1.77 bits per heavy atom. The van der Waals surface area contributed by atoms with Gasteiger partial charge in [-0.25, -0.2) is 14.9 Å². The fourth-order valence-corrected chi connectivity index (χ4v) is 8.78. The molecule has 2 amide bonds. The third-order valence-electron chi connectivity index (χ3n) is 11.1. The number of nitrogens with zero attached hydrogens (tertiary/aromatic N) is 4. The van der Waals surface area contributed by atoms with Crippen molar-refractivity contribution in [2.24, 2.45) is 22.4 Å². The van der Waals surface area contributed by atoms with E-state index in [1.807, 2.05) is 23.3 Å². The molecular weight excluding hydrogens is 606 g/mol. The molecule has 3 aliphatic carbocycles. The number of amidine groups is 1. The van der Waals surface area contributed by atoms with E-state index in [1.54, 1.807) is 11.0 Å². The summed E-state index contributed by atoms with van der Waals surface area (Å²) >= 11 is 0. The lowest BCUT2D eigenvalue weighted by atomic mass is 9.67. The standard InChI is InChI=1S/C37H45N7O4/c1-21(41-20-33(45)43-29(19-38)16-27-17-32(27)43)18-37(35-42-36(47)48-44(35)28-6-4-3-5-7-28)30-12-10-23(22(2)39)14-24(30)8-9-25-15-26(34(40)46)11-13-31(25)37/h10-15,21,27-29,32,36,41,47H,2-9,16-18,20,39H2,1H3,(H2,40,46)/t21-,27-,29?,32+,36?,37?/m1/s1. The molecule has 6 atom stereocenters. The topological polar surface area (TPSA) is 170 Å². The quantitative estimate of drug-likeness (QED) is 0.320. The highest BCUT2D eigenvalue weighted by Gasteiger charge is 2.54. The van der Waals surface area contributed by atoms with E-state index in [9.17, 15) is 20.0 Å². The summed E-state index contributed by atoms with van der Waals surface area (Å²) in [6.45, 7) is 6.13. The summed E-state index contributed by atoms with van der Waals surface area (Å²) in [4.78, 5) is 38.7. The second-order valence-corrected chi connectivity index (χ2v) is 14.3. The fraction of sp³-hybridized carbons (Fsp3) is 0.514. The summed E-state index contributed by atoms with van der Waals surface area (Å²) in [6.07, 6.45) is 7.21. The Morgan fingerprint density at radius 1 is 1.10 bits per heavy atom. The van der Waals surface area contributed by atoms with Crippen molar-refractivity contribution < 1.29 is 19.5 Å². The van der Waals surface area contributed by atoms with Crippen molar-refractivity contribution in [1.82, 2.24) is 15.3 Å². The lowest BCUT2D eigenvalue weighted by molar-refractivity contribution is -0.223. The number of aliphatic hydroxyl groups excluding tert-OH is 1. The first-order valence-corrected chi connectivity index (χ1v) is 17.3. The van der Waals surface area contributed by atoms with Gasteiger partial charge in [0.25, 0.3) is 6.41 Å². The summed E-state index contributed by atoms with van der Waals surface area (Å²) < 4.78 is 0. The SMILES string of the molecule is C=C(N)c1ccc2c(c1)CCc1cc(C(N)=O)ccc1C2(C[C@@H](C)NCC(=O)N1C(C#N)C[C@@H]2C[C@@H]21)C1=NC(O)ON1C1CCCCC1. The van der Waals surface area contributed by atoms with Crippen LogP contribution in [0.15, 0.2) is 48.0 Å². The number of likely N-dealkylation sites (tertiary alicyclic amines) is 1. The smallest absolute Gasteiger partial charge is 0.280 e. The molecule has 0 spiro atoms. The molecule has 0 radical (unpaired) electrons. The zero-order valence-electron chi connectivity index (χ0n) is 27.5. The van der Waals surface area contributed by atoms with Gasteiger partial charge in [-0.1, -0.05) is 44.0 Å². The van der Waals surface area contributed by atoms with Gasteiger partial charge < -0.3 is 26.8 Å². The first-order chi connectivity index (χ1) is 23.1. The van der Waals surface area contributed by atoms with Gasteiger partial charge in [0.15, 0.2) is 0 Å². The lowest BCUT2D eigenvalue weighted by Crippen LogP contribution is -2.53. The normalized spacial score (nSPS) is 28.4. The minimum absolute atomic E-state index is 0.0316. The van der Waals surface area contributed by atoms with Crippen LogP contribution in [0, 0.1) is 17.2 Å². The summed E-state index contributed by atoms with van der Waals surface area (Å²) in [6, 6.07) is 13.7. The fourth-order valence-electron chi connectivity index (χ4n) is 8.78. The minimum Gasteiger partial charge on any atom is -0.399 e. The number of nitriles is 1. The number of primary amides is 1. The number of rotatable bonds is 9. The number of nitrogens with two attached hydrogens (primary N) is 2. The van der Waals surface area contributed by atoms with Crippen LogP contribution in [0.5, 0.6) is 0 Å². The van der Waals surface area contributed by atoms with Crippen molar-refractivity contribution in [3.8, 4) is 6.07 Å². The van der Waals surface area contributed by atoms with E-state index in [0.717, 1.165) is 72.8 Å². The number of nitrogens with one attached hydrogen (secondary N) is 1. The third-order valence-corrected chi connectivity index (χ3v) is 11.1. The first-order valence-electron chi connectivity index (χ1n) is 17.3. The number of aliphatic hydroxyl groups is 1. The third kappa shape index (κ3) is 5.66. The van der Waals surface area contributed by atoms with E-state index in [1.165, 1.54) is 0 Å². The number of carbonyl (C=O) groups is 2. The zero-order chi connectivity index (χ0) is 33.7. The molecule has 2 saturated carbocycles. The molecule has 11 heteroatoms. The average molecular weight is 652 g/mol. The van der Waals surface area contributed by atoms with E-state index in [4.69, 9.17) is 21.3 Å². The Hall–Kier alpha value is -4.24. The molecule has 0 bridgehead atoms. The van der Waals surface area contributed by atoms with Crippen LogP contribution in [0.3, 0.4) is 0 Å². The molecule has 5 aliphatic rings. The molecule has 252 valence electrons. The Balaban J connectivity index is 1.34. The Labute approximate surface area is 281 Å². The van der Waals surface area contributed by atoms with E-state index in [-0.39, 0.29) is 36.6 Å². The predicted octanol–water partition coefficient (Wildman–Crippen LogP) is 3.24. The maximum atomic E-state index is 13.5. The van der Waals surface area contributed by atoms with Crippen molar-refractivity contribution in [3.05, 3.63) is 76.4 Å². The zero-order valence-corrected chi connectivity index (χ0v) is 27.5. The number of piperidine rings is 1. The highest BCUT2D eigenvalue weighted by molar-refractivity contribution is 5.99. The van der Waals surface area contributed by atoms with Crippen LogP contribution in [0.25, 0.3) is 5.70 Å².